The number of hydrogen-bond donors (Lipinski definition) is 3. The minimum atomic E-state index is 0.718. The summed E-state index contributed by atoms with van der Waals surface area (Å²) in [5, 5.41) is 0. The van der Waals surface area contributed by atoms with Gasteiger partial charge in [0.15, 0.2) is 0 Å². The molecule has 0 radical (unpaired) electrons. The average Bonchev–Trinajstić information content (AvgIpc) is 2.69. The van der Waals surface area contributed by atoms with Gasteiger partial charge in [-0.3, -0.25) is 0 Å². The molecule has 132 valence electrons. The summed E-state index contributed by atoms with van der Waals surface area (Å²) in [5.74, 6) is 0. The highest BCUT2D eigenvalue weighted by atomic mass is 14.6. The number of nitrogens with two attached hydrogens (primary N) is 3. The first-order valence-electron chi connectivity index (χ1n) is 8.84. The van der Waals surface area contributed by atoms with E-state index in [-0.39, 0.29) is 0 Å². The van der Waals surface area contributed by atoms with Crippen LogP contribution >= 0.6 is 0 Å². The maximum atomic E-state index is 6.36. The number of para-hydroxylation sites is 3. The minimum Gasteiger partial charge on any atom is -0.398 e. The highest BCUT2D eigenvalue weighted by molar-refractivity contribution is 6.01. The Kier molecular flexibility index (Phi) is 4.27. The summed E-state index contributed by atoms with van der Waals surface area (Å²) in [7, 11) is 0. The lowest BCUT2D eigenvalue weighted by molar-refractivity contribution is 1.55. The number of rotatable bonds is 3. The fourth-order valence-corrected chi connectivity index (χ4v) is 3.50. The second kappa shape index (κ2) is 6.89. The van der Waals surface area contributed by atoms with Crippen molar-refractivity contribution in [3.8, 4) is 33.4 Å². The molecule has 0 aliphatic rings. The molecule has 3 nitrogen and oxygen atoms in total. The smallest absolute Gasteiger partial charge is 0.0394 e. The molecule has 0 fully saturated rings. The number of nitrogen functional groups attached to an aromatic ring is 3. The lowest BCUT2D eigenvalue weighted by Crippen LogP contribution is -1.98. The summed E-state index contributed by atoms with van der Waals surface area (Å²) in [4.78, 5) is 0. The van der Waals surface area contributed by atoms with Crippen molar-refractivity contribution in [3.05, 3.63) is 91.0 Å². The van der Waals surface area contributed by atoms with Gasteiger partial charge in [0.1, 0.15) is 0 Å². The Balaban J connectivity index is 2.10. The fraction of sp³-hybridized carbons (Fsp3) is 0. The van der Waals surface area contributed by atoms with Gasteiger partial charge in [0.25, 0.3) is 0 Å². The summed E-state index contributed by atoms with van der Waals surface area (Å²) < 4.78 is 0. The van der Waals surface area contributed by atoms with E-state index in [0.717, 1.165) is 50.4 Å². The van der Waals surface area contributed by atoms with Gasteiger partial charge >= 0.3 is 0 Å². The third-order valence-electron chi connectivity index (χ3n) is 4.80. The van der Waals surface area contributed by atoms with Gasteiger partial charge in [0.2, 0.25) is 0 Å². The highest BCUT2D eigenvalue weighted by Crippen LogP contribution is 2.44. The molecule has 0 unspecified atom stereocenters. The summed E-state index contributed by atoms with van der Waals surface area (Å²) in [6.45, 7) is 0. The van der Waals surface area contributed by atoms with Gasteiger partial charge in [0.05, 0.1) is 0 Å². The lowest BCUT2D eigenvalue weighted by Gasteiger charge is -2.19. The van der Waals surface area contributed by atoms with Crippen LogP contribution in [0.25, 0.3) is 33.4 Å². The average molecular weight is 351 g/mol. The van der Waals surface area contributed by atoms with Crippen LogP contribution in [0.1, 0.15) is 0 Å². The van der Waals surface area contributed by atoms with Gasteiger partial charge in [-0.15, -0.1) is 0 Å². The van der Waals surface area contributed by atoms with Gasteiger partial charge in [-0.1, -0.05) is 72.8 Å². The summed E-state index contributed by atoms with van der Waals surface area (Å²) in [6.07, 6.45) is 0. The van der Waals surface area contributed by atoms with Crippen molar-refractivity contribution in [1.29, 1.82) is 0 Å². The van der Waals surface area contributed by atoms with Crippen molar-refractivity contribution >= 4 is 17.1 Å². The molecule has 0 aliphatic carbocycles. The van der Waals surface area contributed by atoms with E-state index in [1.54, 1.807) is 0 Å². The van der Waals surface area contributed by atoms with E-state index in [9.17, 15) is 0 Å². The summed E-state index contributed by atoms with van der Waals surface area (Å²) >= 11 is 0. The molecule has 6 N–H and O–H groups in total. The zero-order chi connectivity index (χ0) is 18.8. The molecule has 0 saturated heterocycles. The molecule has 4 rings (SSSR count). The predicted molar refractivity (Wildman–Crippen MR) is 116 cm³/mol. The molecule has 0 bridgehead atoms. The topological polar surface area (TPSA) is 78.1 Å². The monoisotopic (exact) mass is 351 g/mol. The molecule has 0 saturated carbocycles. The number of hydrogen-bond acceptors (Lipinski definition) is 3. The predicted octanol–water partition coefficient (Wildman–Crippen LogP) is 5.43. The first-order chi connectivity index (χ1) is 13.2. The lowest BCUT2D eigenvalue weighted by atomic mass is 9.86. The van der Waals surface area contributed by atoms with Crippen LogP contribution in [0.15, 0.2) is 91.0 Å². The standard InChI is InChI=1S/C24H21N3/c25-21-13-4-1-8-16(21)18-11-7-12-19(17-9-2-5-14-22(17)26)24(18)20-10-3-6-15-23(20)27/h1-15H,25-27H2. The first kappa shape index (κ1) is 16.7. The maximum Gasteiger partial charge on any atom is 0.0394 e. The Hall–Kier alpha value is -3.72. The van der Waals surface area contributed by atoms with E-state index in [0.29, 0.717) is 0 Å². The van der Waals surface area contributed by atoms with Crippen molar-refractivity contribution in [1.82, 2.24) is 0 Å². The molecule has 4 aromatic carbocycles. The van der Waals surface area contributed by atoms with Gasteiger partial charge in [-0.2, -0.15) is 0 Å². The maximum absolute atomic E-state index is 6.36. The highest BCUT2D eigenvalue weighted by Gasteiger charge is 2.17. The van der Waals surface area contributed by atoms with Gasteiger partial charge in [0, 0.05) is 33.8 Å². The van der Waals surface area contributed by atoms with Crippen LogP contribution in [0.3, 0.4) is 0 Å². The normalized spacial score (nSPS) is 10.7. The first-order valence-corrected chi connectivity index (χ1v) is 8.84. The molecule has 0 aromatic heterocycles. The summed E-state index contributed by atoms with van der Waals surface area (Å²) in [5.41, 5.74) is 27.2. The van der Waals surface area contributed by atoms with Crippen LogP contribution in [-0.4, -0.2) is 0 Å². The van der Waals surface area contributed by atoms with E-state index in [2.05, 4.69) is 12.1 Å². The second-order valence-electron chi connectivity index (χ2n) is 6.49. The number of anilines is 3. The van der Waals surface area contributed by atoms with Gasteiger partial charge < -0.3 is 17.2 Å². The Morgan fingerprint density at radius 2 is 0.667 bits per heavy atom. The van der Waals surface area contributed by atoms with E-state index in [1.165, 1.54) is 0 Å². The molecule has 0 aliphatic heterocycles. The van der Waals surface area contributed by atoms with Crippen LogP contribution < -0.4 is 17.2 Å². The van der Waals surface area contributed by atoms with E-state index < -0.39 is 0 Å². The Morgan fingerprint density at radius 1 is 0.333 bits per heavy atom. The van der Waals surface area contributed by atoms with Crippen LogP contribution in [0, 0.1) is 0 Å². The Morgan fingerprint density at radius 3 is 1.07 bits per heavy atom. The molecule has 3 heteroatoms. The van der Waals surface area contributed by atoms with E-state index in [1.807, 2.05) is 78.9 Å². The molecule has 0 spiro atoms. The van der Waals surface area contributed by atoms with Crippen LogP contribution in [-0.2, 0) is 0 Å². The third kappa shape index (κ3) is 3.00. The van der Waals surface area contributed by atoms with E-state index >= 15 is 0 Å². The SMILES string of the molecule is Nc1ccccc1-c1cccc(-c2ccccc2N)c1-c1ccccc1N. The Bertz CT molecular complexity index is 1050. The fourth-order valence-electron chi connectivity index (χ4n) is 3.50. The molecule has 0 amide bonds. The summed E-state index contributed by atoms with van der Waals surface area (Å²) in [6, 6.07) is 29.8. The molecule has 0 heterocycles. The van der Waals surface area contributed by atoms with E-state index in [4.69, 9.17) is 17.2 Å². The second-order valence-corrected chi connectivity index (χ2v) is 6.49. The zero-order valence-electron chi connectivity index (χ0n) is 14.9. The number of benzene rings is 4. The molecule has 4 aromatic rings. The van der Waals surface area contributed by atoms with Gasteiger partial charge in [-0.25, -0.2) is 0 Å². The van der Waals surface area contributed by atoms with Crippen molar-refractivity contribution in [2.45, 2.75) is 0 Å². The molecular weight excluding hydrogens is 330 g/mol. The van der Waals surface area contributed by atoms with Crippen LogP contribution in [0.4, 0.5) is 17.1 Å². The van der Waals surface area contributed by atoms with Crippen molar-refractivity contribution in [3.63, 3.8) is 0 Å². The van der Waals surface area contributed by atoms with Crippen LogP contribution in [0.2, 0.25) is 0 Å². The van der Waals surface area contributed by atoms with Crippen molar-refractivity contribution < 1.29 is 0 Å². The molecule has 0 atom stereocenters. The quantitative estimate of drug-likeness (QED) is 0.430. The zero-order valence-corrected chi connectivity index (χ0v) is 14.9. The molecular formula is C24H21N3. The van der Waals surface area contributed by atoms with Crippen LogP contribution in [0.5, 0.6) is 0 Å². The van der Waals surface area contributed by atoms with Crippen molar-refractivity contribution in [2.75, 3.05) is 17.2 Å². The minimum absolute atomic E-state index is 0.718. The molecule has 27 heavy (non-hydrogen) atoms. The van der Waals surface area contributed by atoms with Crippen molar-refractivity contribution in [2.24, 2.45) is 0 Å². The Labute approximate surface area is 159 Å². The third-order valence-corrected chi connectivity index (χ3v) is 4.80. The largest absolute Gasteiger partial charge is 0.398 e. The van der Waals surface area contributed by atoms with Gasteiger partial charge in [-0.05, 0) is 34.9 Å².